The van der Waals surface area contributed by atoms with Crippen LogP contribution >= 0.6 is 0 Å². The smallest absolute Gasteiger partial charge is 0.115 e. The second-order valence-electron chi connectivity index (χ2n) is 3.76. The molecule has 2 N–H and O–H groups in total. The first-order chi connectivity index (χ1) is 16.0. The number of benzene rings is 1. The molecule has 1 aliphatic carbocycles. The predicted molar refractivity (Wildman–Crippen MR) is 77.4 cm³/mol. The van der Waals surface area contributed by atoms with Gasteiger partial charge in [0.15, 0.2) is 0 Å². The minimum absolute atomic E-state index is 0.203. The van der Waals surface area contributed by atoms with E-state index in [2.05, 4.69) is 0 Å². The first-order valence-electron chi connectivity index (χ1n) is 14.2. The van der Waals surface area contributed by atoms with Gasteiger partial charge in [0.1, 0.15) is 5.75 Å². The van der Waals surface area contributed by atoms with Crippen molar-refractivity contribution in [2.45, 2.75) is 43.4 Å². The fourth-order valence-corrected chi connectivity index (χ4v) is 1.47. The van der Waals surface area contributed by atoms with Crippen LogP contribution in [0.1, 0.15) is 68.0 Å². The lowest BCUT2D eigenvalue weighted by Crippen LogP contribution is -2.42. The second-order valence-corrected chi connectivity index (χ2v) is 3.76. The first kappa shape index (κ1) is 3.77. The lowest BCUT2D eigenvalue weighted by molar-refractivity contribution is -0.0277. The number of hydrogen-bond donors (Lipinski definition) is 2. The van der Waals surface area contributed by atoms with E-state index in [0.29, 0.717) is 19.2 Å². The van der Waals surface area contributed by atoms with Crippen LogP contribution in [-0.4, -0.2) is 41.2 Å². The number of aliphatic hydroxyl groups is 1. The van der Waals surface area contributed by atoms with Gasteiger partial charge in [-0.2, -0.15) is 0 Å². The van der Waals surface area contributed by atoms with Crippen LogP contribution in [-0.2, 0) is 0 Å². The second kappa shape index (κ2) is 5.93. The maximum atomic E-state index is 11.9. The summed E-state index contributed by atoms with van der Waals surface area (Å²) in [6.07, 6.45) is -21.2. The molecule has 2 rings (SSSR count). The van der Waals surface area contributed by atoms with E-state index in [1.165, 1.54) is 0 Å². The summed E-state index contributed by atoms with van der Waals surface area (Å²) >= 11 is 0. The highest BCUT2D eigenvalue weighted by molar-refractivity contribution is 5.30. The monoisotopic (exact) mass is 281 g/mol. The molecule has 1 atom stereocenters. The first-order valence-corrected chi connectivity index (χ1v) is 5.25. The molecule has 0 aromatic heterocycles. The molecule has 1 fully saturated rings. The Balaban J connectivity index is 3.29. The Morgan fingerprint density at radius 3 is 2.74 bits per heavy atom. The SMILES string of the molecule is [2H]c1cc(C([2H])(C([2H])([2H])N(C)C([2H])([2H])[2H])C2(O)C([2H])([2H])C([2H])([2H])C([2H])([2H])C([2H])([2H])C2([2H])[2H])cc([2H])c1O. The molecule has 1 saturated carbocycles. The number of hydrogen-bond acceptors (Lipinski definition) is 3. The van der Waals surface area contributed by atoms with Crippen LogP contribution in [0.3, 0.4) is 0 Å². The van der Waals surface area contributed by atoms with Crippen LogP contribution in [0.4, 0.5) is 0 Å². The molecule has 0 amide bonds. The van der Waals surface area contributed by atoms with Crippen molar-refractivity contribution in [3.05, 3.63) is 29.8 Å². The maximum Gasteiger partial charge on any atom is 0.115 e. The summed E-state index contributed by atoms with van der Waals surface area (Å²) in [5.41, 5.74) is -5.80. The number of likely N-dealkylation sites (N-methyl/N-ethyl adjacent to an activating group) is 1. The summed E-state index contributed by atoms with van der Waals surface area (Å²) < 4.78 is 147. The van der Waals surface area contributed by atoms with Gasteiger partial charge in [0.25, 0.3) is 0 Å². The number of rotatable bonds is 4. The molecule has 106 valence electrons. The molecule has 0 saturated heterocycles. The zero-order chi connectivity index (χ0) is 29.8. The molecule has 0 radical (unpaired) electrons. The average molecular weight is 281 g/mol. The van der Waals surface area contributed by atoms with Crippen molar-refractivity contribution in [3.8, 4) is 5.75 Å². The molecular formula is C16H25NO2. The molecule has 1 aromatic rings. The molecule has 0 spiro atoms. The molecule has 0 heterocycles. The van der Waals surface area contributed by atoms with Gasteiger partial charge in [-0.1, -0.05) is 31.3 Å². The van der Waals surface area contributed by atoms with Crippen LogP contribution in [0, 0.1) is 0 Å². The zero-order valence-electron chi connectivity index (χ0n) is 28.0. The highest BCUT2D eigenvalue weighted by atomic mass is 16.3. The topological polar surface area (TPSA) is 43.7 Å². The summed E-state index contributed by atoms with van der Waals surface area (Å²) in [7, 11) is 0.541. The summed E-state index contributed by atoms with van der Waals surface area (Å²) in [5.74, 6) is -5.19. The molecule has 3 nitrogen and oxygen atoms in total. The third kappa shape index (κ3) is 3.48. The fraction of sp³-hybridized carbons (Fsp3) is 0.625. The van der Waals surface area contributed by atoms with Gasteiger partial charge in [0, 0.05) is 34.3 Å². The van der Waals surface area contributed by atoms with Crippen LogP contribution in [0.5, 0.6) is 5.75 Å². The fourth-order valence-electron chi connectivity index (χ4n) is 1.47. The van der Waals surface area contributed by atoms with Crippen LogP contribution in [0.2, 0.25) is 0 Å². The number of phenolic OH excluding ortho intramolecular Hbond substituents is 1. The maximum absolute atomic E-state index is 11.9. The van der Waals surface area contributed by atoms with Crippen molar-refractivity contribution in [2.24, 2.45) is 0 Å². The normalized spacial score (nSPS) is 50.7. The predicted octanol–water partition coefficient (Wildman–Crippen LogP) is 2.73. The molecule has 3 heteroatoms. The summed E-state index contributed by atoms with van der Waals surface area (Å²) in [4.78, 5) is -0.203. The Morgan fingerprint density at radius 2 is 2.16 bits per heavy atom. The molecule has 0 bridgehead atoms. The van der Waals surface area contributed by atoms with Crippen LogP contribution < -0.4 is 0 Å². The third-order valence-corrected chi connectivity index (χ3v) is 2.27. The van der Waals surface area contributed by atoms with Gasteiger partial charge in [-0.25, -0.2) is 0 Å². The zero-order valence-corrected chi connectivity index (χ0v) is 10.00. The van der Waals surface area contributed by atoms with Gasteiger partial charge in [-0.15, -0.1) is 0 Å². The Bertz CT molecular complexity index is 1030. The van der Waals surface area contributed by atoms with Gasteiger partial charge in [-0.05, 0) is 44.4 Å². The van der Waals surface area contributed by atoms with Crippen molar-refractivity contribution in [2.75, 3.05) is 20.5 Å². The number of nitrogens with zero attached hydrogens (tertiary/aromatic N) is 1. The lowest BCUT2D eigenvalue weighted by Gasteiger charge is -2.40. The van der Waals surface area contributed by atoms with Gasteiger partial charge in [0.2, 0.25) is 0 Å². The minimum Gasteiger partial charge on any atom is -0.508 e. The Morgan fingerprint density at radius 1 is 1.53 bits per heavy atom. The van der Waals surface area contributed by atoms with E-state index in [0.717, 1.165) is 0 Å². The van der Waals surface area contributed by atoms with Crippen LogP contribution in [0.25, 0.3) is 0 Å². The highest BCUT2D eigenvalue weighted by Crippen LogP contribution is 2.40. The van der Waals surface area contributed by atoms with Gasteiger partial charge in [0.05, 0.1) is 8.34 Å². The molecule has 1 aliphatic rings. The van der Waals surface area contributed by atoms with Gasteiger partial charge < -0.3 is 15.1 Å². The van der Waals surface area contributed by atoms with E-state index in [9.17, 15) is 10.2 Å². The lowest BCUT2D eigenvalue weighted by atomic mass is 9.72. The Kier molecular flexibility index (Phi) is 1.18. The Hall–Kier alpha value is -1.06. The van der Waals surface area contributed by atoms with Crippen molar-refractivity contribution < 1.29 is 34.9 Å². The standard InChI is InChI=1S/C16H25NO2/c1-17(2)12-15(13-6-8-14(18)9-7-13)16(19)10-4-3-5-11-16/h6-9,15,18-19H,3-5,10-12H2,1-2H3/i1D3,3D2,4D2,5D2,8D,9D,10D2,11D2,12D2,15D. The van der Waals surface area contributed by atoms with Crippen molar-refractivity contribution in [1.82, 2.24) is 4.90 Å². The van der Waals surface area contributed by atoms with Crippen molar-refractivity contribution in [1.29, 1.82) is 0 Å². The molecule has 1 aromatic carbocycles. The molecule has 0 aliphatic heterocycles. The summed E-state index contributed by atoms with van der Waals surface area (Å²) in [5, 5.41) is 21.7. The van der Waals surface area contributed by atoms with Gasteiger partial charge >= 0.3 is 0 Å². The van der Waals surface area contributed by atoms with Crippen molar-refractivity contribution in [3.63, 3.8) is 0 Å². The number of aromatic hydroxyl groups is 1. The average Bonchev–Trinajstić information content (AvgIpc) is 2.72. The summed E-state index contributed by atoms with van der Waals surface area (Å²) in [6.45, 7) is -7.45. The quantitative estimate of drug-likeness (QED) is 0.892. The summed E-state index contributed by atoms with van der Waals surface area (Å²) in [6, 6.07) is -1.25. The molecule has 1 unspecified atom stereocenters. The highest BCUT2D eigenvalue weighted by Gasteiger charge is 2.38. The van der Waals surface area contributed by atoms with E-state index in [4.69, 9.17) is 24.7 Å². The van der Waals surface area contributed by atoms with E-state index >= 15 is 0 Å². The van der Waals surface area contributed by atoms with Crippen molar-refractivity contribution >= 4 is 0 Å². The van der Waals surface area contributed by atoms with E-state index in [1.807, 2.05) is 0 Å². The Labute approximate surface area is 141 Å². The van der Waals surface area contributed by atoms with E-state index in [1.54, 1.807) is 0 Å². The third-order valence-electron chi connectivity index (χ3n) is 2.27. The van der Waals surface area contributed by atoms with E-state index in [-0.39, 0.29) is 4.90 Å². The number of phenols is 1. The molecular weight excluding hydrogens is 238 g/mol. The molecule has 19 heavy (non-hydrogen) atoms. The van der Waals surface area contributed by atoms with Crippen LogP contribution in [0.15, 0.2) is 24.2 Å². The van der Waals surface area contributed by atoms with E-state index < -0.39 is 80.2 Å². The minimum atomic E-state index is -4.61. The van der Waals surface area contributed by atoms with Gasteiger partial charge in [-0.3, -0.25) is 0 Å². The largest absolute Gasteiger partial charge is 0.508 e.